The van der Waals surface area contributed by atoms with Crippen molar-refractivity contribution in [1.29, 1.82) is 0 Å². The molecule has 0 spiro atoms. The minimum atomic E-state index is -0.803. The normalized spacial score (nSPS) is 15.5. The summed E-state index contributed by atoms with van der Waals surface area (Å²) in [7, 11) is 0. The quantitative estimate of drug-likeness (QED) is 0.458. The molecule has 0 saturated heterocycles. The summed E-state index contributed by atoms with van der Waals surface area (Å²) in [4.78, 5) is 18.3. The second-order valence-corrected chi connectivity index (χ2v) is 8.31. The van der Waals surface area contributed by atoms with E-state index in [9.17, 15) is 8.78 Å². The summed E-state index contributed by atoms with van der Waals surface area (Å²) in [5, 5.41) is 3.16. The summed E-state index contributed by atoms with van der Waals surface area (Å²) in [6, 6.07) is 7.74. The average molecular weight is 463 g/mol. The Morgan fingerprint density at radius 1 is 1.00 bits per heavy atom. The maximum absolute atomic E-state index is 14.5. The van der Waals surface area contributed by atoms with Gasteiger partial charge in [-0.1, -0.05) is 17.7 Å². The van der Waals surface area contributed by atoms with Crippen LogP contribution in [0.5, 0.6) is 0 Å². The molecule has 0 bridgehead atoms. The Hall–Kier alpha value is -3.49. The van der Waals surface area contributed by atoms with Gasteiger partial charge in [0.2, 0.25) is 0 Å². The van der Waals surface area contributed by atoms with Gasteiger partial charge in [-0.25, -0.2) is 18.7 Å². The van der Waals surface area contributed by atoms with Crippen LogP contribution in [0.1, 0.15) is 17.1 Å². The van der Waals surface area contributed by atoms with Crippen molar-refractivity contribution in [1.82, 2.24) is 24.8 Å². The molecule has 0 amide bonds. The van der Waals surface area contributed by atoms with Gasteiger partial charge in [0, 0.05) is 42.1 Å². The van der Waals surface area contributed by atoms with E-state index >= 15 is 0 Å². The van der Waals surface area contributed by atoms with Gasteiger partial charge >= 0.3 is 0 Å². The van der Waals surface area contributed by atoms with E-state index in [-0.39, 0.29) is 10.6 Å². The summed E-state index contributed by atoms with van der Waals surface area (Å²) in [5.74, 6) is -0.523. The first-order valence-electron chi connectivity index (χ1n) is 10.5. The number of pyridine rings is 2. The largest absolute Gasteiger partial charge is 0.326 e. The molecule has 2 aliphatic heterocycles. The van der Waals surface area contributed by atoms with Crippen LogP contribution in [0.15, 0.2) is 53.8 Å². The molecule has 2 aliphatic rings. The maximum atomic E-state index is 14.5. The number of hydrogen-bond acceptors (Lipinski definition) is 5. The highest BCUT2D eigenvalue weighted by Crippen LogP contribution is 2.30. The second kappa shape index (κ2) is 7.83. The summed E-state index contributed by atoms with van der Waals surface area (Å²) >= 11 is 5.90. The zero-order chi connectivity index (χ0) is 22.5. The predicted octanol–water partition coefficient (Wildman–Crippen LogP) is 4.41. The molecule has 33 heavy (non-hydrogen) atoms. The molecule has 3 aromatic heterocycles. The van der Waals surface area contributed by atoms with E-state index in [4.69, 9.17) is 16.6 Å². The molecule has 5 heterocycles. The van der Waals surface area contributed by atoms with Crippen LogP contribution in [0.3, 0.4) is 0 Å². The molecule has 6 rings (SSSR count). The fourth-order valence-corrected chi connectivity index (χ4v) is 4.46. The van der Waals surface area contributed by atoms with Gasteiger partial charge in [-0.3, -0.25) is 9.98 Å². The molecule has 0 aliphatic carbocycles. The highest BCUT2D eigenvalue weighted by atomic mass is 35.5. The van der Waals surface area contributed by atoms with Crippen molar-refractivity contribution in [2.24, 2.45) is 4.99 Å². The lowest BCUT2D eigenvalue weighted by Gasteiger charge is -2.17. The van der Waals surface area contributed by atoms with Crippen LogP contribution in [-0.2, 0) is 13.1 Å². The third-order valence-corrected chi connectivity index (χ3v) is 6.20. The van der Waals surface area contributed by atoms with E-state index in [0.29, 0.717) is 29.0 Å². The van der Waals surface area contributed by atoms with Crippen LogP contribution in [0.2, 0.25) is 5.02 Å². The second-order valence-electron chi connectivity index (χ2n) is 7.90. The number of fused-ring (bicyclic) bond motifs is 2. The number of nitrogens with zero attached hydrogens (tertiary/aromatic N) is 5. The fourth-order valence-electron chi connectivity index (χ4n) is 4.29. The van der Waals surface area contributed by atoms with Crippen molar-refractivity contribution >= 4 is 33.9 Å². The number of nitrogens with one attached hydrogen (secondary N) is 1. The molecule has 9 heteroatoms. The number of allylic oxidation sites excluding steroid dienone is 1. The van der Waals surface area contributed by atoms with Crippen LogP contribution in [-0.4, -0.2) is 38.3 Å². The molecule has 1 aromatic carbocycles. The molecule has 6 nitrogen and oxygen atoms in total. The topological polar surface area (TPSA) is 68.0 Å². The third-order valence-electron chi connectivity index (χ3n) is 5.91. The molecule has 164 valence electrons. The molecular weight excluding hydrogens is 446 g/mol. The minimum Gasteiger partial charge on any atom is -0.326 e. The van der Waals surface area contributed by atoms with Gasteiger partial charge < -0.3 is 9.88 Å². The van der Waals surface area contributed by atoms with Crippen LogP contribution in [0, 0.1) is 11.6 Å². The van der Waals surface area contributed by atoms with E-state index in [1.807, 2.05) is 36.7 Å². The summed E-state index contributed by atoms with van der Waals surface area (Å²) < 4.78 is 30.4. The van der Waals surface area contributed by atoms with Crippen molar-refractivity contribution in [3.8, 4) is 11.3 Å². The van der Waals surface area contributed by atoms with Gasteiger partial charge in [0.1, 0.15) is 17.5 Å². The van der Waals surface area contributed by atoms with Crippen LogP contribution in [0.4, 0.5) is 8.78 Å². The lowest BCUT2D eigenvalue weighted by molar-refractivity contribution is 0.508. The lowest BCUT2D eigenvalue weighted by atomic mass is 9.99. The zero-order valence-electron chi connectivity index (χ0n) is 17.3. The molecule has 0 atom stereocenters. The number of hydrogen-bond donors (Lipinski definition) is 1. The molecule has 1 N–H and O–H groups in total. The molecular formula is C24H17ClF2N6. The number of benzene rings is 1. The average Bonchev–Trinajstić information content (AvgIpc) is 3.48. The molecule has 4 aromatic rings. The number of aliphatic imine (C=N–C) groups is 1. The summed E-state index contributed by atoms with van der Waals surface area (Å²) in [6.45, 7) is 2.85. The predicted molar refractivity (Wildman–Crippen MR) is 123 cm³/mol. The number of aromatic nitrogens is 4. The Morgan fingerprint density at radius 3 is 2.82 bits per heavy atom. The van der Waals surface area contributed by atoms with Crippen molar-refractivity contribution in [3.63, 3.8) is 0 Å². The highest BCUT2D eigenvalue weighted by Gasteiger charge is 2.22. The Bertz CT molecular complexity index is 1490. The van der Waals surface area contributed by atoms with E-state index < -0.39 is 11.6 Å². The Kier molecular flexibility index (Phi) is 4.78. The summed E-state index contributed by atoms with van der Waals surface area (Å²) in [6.07, 6.45) is 5.56. The van der Waals surface area contributed by atoms with Gasteiger partial charge in [0.25, 0.3) is 0 Å². The van der Waals surface area contributed by atoms with E-state index in [1.165, 1.54) is 6.07 Å². The summed E-state index contributed by atoms with van der Waals surface area (Å²) in [5.41, 5.74) is 5.25. The SMILES string of the molecule is Fc1cc(F)c(C2=NCC=C2c2ccc3ncc(-c4cnc5n4CCNC5)cc3n2)cc1Cl. The molecule has 0 fully saturated rings. The molecule has 0 radical (unpaired) electrons. The smallest absolute Gasteiger partial charge is 0.144 e. The maximum Gasteiger partial charge on any atom is 0.144 e. The van der Waals surface area contributed by atoms with Crippen molar-refractivity contribution in [3.05, 3.63) is 82.5 Å². The Labute approximate surface area is 192 Å². The highest BCUT2D eigenvalue weighted by molar-refractivity contribution is 6.35. The molecule has 0 unspecified atom stereocenters. The van der Waals surface area contributed by atoms with Crippen molar-refractivity contribution < 1.29 is 8.78 Å². The van der Waals surface area contributed by atoms with Gasteiger partial charge in [-0.2, -0.15) is 0 Å². The van der Waals surface area contributed by atoms with Crippen LogP contribution in [0.25, 0.3) is 27.9 Å². The Balaban J connectivity index is 1.40. The van der Waals surface area contributed by atoms with E-state index in [0.717, 1.165) is 48.3 Å². The van der Waals surface area contributed by atoms with Crippen LogP contribution >= 0.6 is 11.6 Å². The number of rotatable bonds is 3. The van der Waals surface area contributed by atoms with Crippen molar-refractivity contribution in [2.75, 3.05) is 13.1 Å². The molecule has 0 saturated carbocycles. The zero-order valence-corrected chi connectivity index (χ0v) is 18.1. The first kappa shape index (κ1) is 20.1. The van der Waals surface area contributed by atoms with E-state index in [2.05, 4.69) is 24.8 Å². The fraction of sp³-hybridized carbons (Fsp3) is 0.167. The van der Waals surface area contributed by atoms with Gasteiger partial charge in [-0.05, 0) is 24.3 Å². The van der Waals surface area contributed by atoms with Gasteiger partial charge in [0.05, 0.1) is 52.4 Å². The lowest BCUT2D eigenvalue weighted by Crippen LogP contribution is -2.28. The first-order chi connectivity index (χ1) is 16.1. The van der Waals surface area contributed by atoms with Crippen LogP contribution < -0.4 is 5.32 Å². The Morgan fingerprint density at radius 2 is 1.91 bits per heavy atom. The standard InChI is InChI=1S/C24H17ClF2N6/c25-16-8-15(17(26)9-18(16)27)24-14(3-4-29-24)19-1-2-20-21(32-19)7-13(10-30-20)22-11-31-23-12-28-5-6-33(22)23/h1-3,7-11,28H,4-6,12H2. The number of imidazole rings is 1. The van der Waals surface area contributed by atoms with Crippen molar-refractivity contribution in [2.45, 2.75) is 13.1 Å². The number of halogens is 3. The van der Waals surface area contributed by atoms with E-state index in [1.54, 1.807) is 0 Å². The third kappa shape index (κ3) is 3.42. The monoisotopic (exact) mass is 462 g/mol. The minimum absolute atomic E-state index is 0.151. The van der Waals surface area contributed by atoms with Gasteiger partial charge in [0.15, 0.2) is 0 Å². The first-order valence-corrected chi connectivity index (χ1v) is 10.9. The van der Waals surface area contributed by atoms with Gasteiger partial charge in [-0.15, -0.1) is 0 Å².